The Labute approximate surface area is 79.3 Å². The fraction of sp³-hybridized carbons (Fsp3) is 0.875. The molecule has 70 valence electrons. The Morgan fingerprint density at radius 3 is 2.42 bits per heavy atom. The van der Waals surface area contributed by atoms with Crippen molar-refractivity contribution in [3.63, 3.8) is 0 Å². The molecule has 12 heavy (non-hydrogen) atoms. The Morgan fingerprint density at radius 2 is 1.92 bits per heavy atom. The minimum Gasteiger partial charge on any atom is -0.471 e. The van der Waals surface area contributed by atoms with Crippen LogP contribution < -0.4 is 0 Å². The summed E-state index contributed by atoms with van der Waals surface area (Å²) in [6.07, 6.45) is 0. The van der Waals surface area contributed by atoms with E-state index in [4.69, 9.17) is 17.0 Å². The maximum Gasteiger partial charge on any atom is 0.259 e. The van der Waals surface area contributed by atoms with Crippen molar-refractivity contribution < 1.29 is 4.74 Å². The van der Waals surface area contributed by atoms with Crippen LogP contribution in [-0.4, -0.2) is 54.8 Å². The van der Waals surface area contributed by atoms with E-state index in [0.717, 1.165) is 26.2 Å². The van der Waals surface area contributed by atoms with Crippen LogP contribution in [0.1, 0.15) is 6.92 Å². The summed E-state index contributed by atoms with van der Waals surface area (Å²) in [5.41, 5.74) is 0. The zero-order chi connectivity index (χ0) is 8.97. The first kappa shape index (κ1) is 9.74. The fourth-order valence-corrected chi connectivity index (χ4v) is 1.50. The van der Waals surface area contributed by atoms with Crippen LogP contribution in [0, 0.1) is 0 Å². The van der Waals surface area contributed by atoms with Gasteiger partial charge in [0.1, 0.15) is 0 Å². The van der Waals surface area contributed by atoms with Crippen LogP contribution in [0.5, 0.6) is 0 Å². The molecular weight excluding hydrogens is 172 g/mol. The quantitative estimate of drug-likeness (QED) is 0.558. The van der Waals surface area contributed by atoms with Gasteiger partial charge in [-0.15, -0.1) is 0 Å². The van der Waals surface area contributed by atoms with Gasteiger partial charge in [-0.25, -0.2) is 0 Å². The van der Waals surface area contributed by atoms with Crippen molar-refractivity contribution in [2.45, 2.75) is 6.92 Å². The summed E-state index contributed by atoms with van der Waals surface area (Å²) >= 11 is 5.10. The van der Waals surface area contributed by atoms with E-state index in [0.29, 0.717) is 11.8 Å². The van der Waals surface area contributed by atoms with Crippen LogP contribution >= 0.6 is 12.2 Å². The van der Waals surface area contributed by atoms with Crippen molar-refractivity contribution in [3.05, 3.63) is 0 Å². The molecular formula is C8H16N2OS. The molecule has 0 aromatic rings. The number of rotatable bonds is 1. The summed E-state index contributed by atoms with van der Waals surface area (Å²) in [7, 11) is 2.13. The summed E-state index contributed by atoms with van der Waals surface area (Å²) in [6, 6.07) is 0. The van der Waals surface area contributed by atoms with Crippen LogP contribution in [0.2, 0.25) is 0 Å². The maximum atomic E-state index is 5.26. The van der Waals surface area contributed by atoms with E-state index in [1.165, 1.54) is 0 Å². The summed E-state index contributed by atoms with van der Waals surface area (Å²) in [5, 5.41) is 0.658. The third-order valence-corrected chi connectivity index (χ3v) is 2.41. The summed E-state index contributed by atoms with van der Waals surface area (Å²) in [5.74, 6) is 0. The first-order chi connectivity index (χ1) is 5.74. The first-order valence-electron chi connectivity index (χ1n) is 4.34. The average molecular weight is 188 g/mol. The van der Waals surface area contributed by atoms with Gasteiger partial charge in [-0.05, 0) is 26.2 Å². The minimum absolute atomic E-state index is 0.658. The number of piperazine rings is 1. The van der Waals surface area contributed by atoms with E-state index < -0.39 is 0 Å². The monoisotopic (exact) mass is 188 g/mol. The Kier molecular flexibility index (Phi) is 3.75. The zero-order valence-electron chi connectivity index (χ0n) is 7.75. The molecule has 0 spiro atoms. The van der Waals surface area contributed by atoms with Gasteiger partial charge >= 0.3 is 0 Å². The van der Waals surface area contributed by atoms with E-state index >= 15 is 0 Å². The molecule has 0 atom stereocenters. The lowest BCUT2D eigenvalue weighted by Crippen LogP contribution is -2.47. The average Bonchev–Trinajstić information content (AvgIpc) is 2.06. The number of thiocarbonyl (C=S) groups is 1. The number of likely N-dealkylation sites (N-methyl/N-ethyl adjacent to an activating group) is 1. The lowest BCUT2D eigenvalue weighted by molar-refractivity contribution is 0.178. The van der Waals surface area contributed by atoms with Gasteiger partial charge in [-0.1, -0.05) is 0 Å². The molecule has 3 nitrogen and oxygen atoms in total. The third-order valence-electron chi connectivity index (χ3n) is 2.03. The molecule has 1 rings (SSSR count). The third kappa shape index (κ3) is 2.60. The summed E-state index contributed by atoms with van der Waals surface area (Å²) < 4.78 is 5.26. The van der Waals surface area contributed by atoms with E-state index in [1.807, 2.05) is 6.92 Å². The van der Waals surface area contributed by atoms with Crippen molar-refractivity contribution in [1.82, 2.24) is 9.80 Å². The van der Waals surface area contributed by atoms with Gasteiger partial charge in [0.15, 0.2) is 0 Å². The zero-order valence-corrected chi connectivity index (χ0v) is 8.56. The second-order valence-electron chi connectivity index (χ2n) is 2.99. The molecule has 0 N–H and O–H groups in total. The lowest BCUT2D eigenvalue weighted by atomic mass is 10.3. The van der Waals surface area contributed by atoms with Gasteiger partial charge < -0.3 is 14.5 Å². The van der Waals surface area contributed by atoms with Crippen molar-refractivity contribution in [2.75, 3.05) is 39.8 Å². The summed E-state index contributed by atoms with van der Waals surface area (Å²) in [6.45, 7) is 6.78. The highest BCUT2D eigenvalue weighted by atomic mass is 32.1. The Balaban J connectivity index is 2.29. The molecule has 0 bridgehead atoms. The molecule has 1 aliphatic heterocycles. The van der Waals surface area contributed by atoms with Gasteiger partial charge in [0.05, 0.1) is 6.61 Å². The summed E-state index contributed by atoms with van der Waals surface area (Å²) in [4.78, 5) is 4.42. The van der Waals surface area contributed by atoms with Crippen molar-refractivity contribution in [3.8, 4) is 0 Å². The standard InChI is InChI=1S/C8H16N2OS/c1-3-11-8(12)10-6-4-9(2)5-7-10/h3-7H2,1-2H3. The largest absolute Gasteiger partial charge is 0.471 e. The highest BCUT2D eigenvalue weighted by Crippen LogP contribution is 2.01. The van der Waals surface area contributed by atoms with Crippen LogP contribution in [0.15, 0.2) is 0 Å². The van der Waals surface area contributed by atoms with Gasteiger partial charge in [0.25, 0.3) is 5.17 Å². The molecule has 4 heteroatoms. The van der Waals surface area contributed by atoms with E-state index in [-0.39, 0.29) is 0 Å². The molecule has 0 aromatic carbocycles. The number of nitrogens with zero attached hydrogens (tertiary/aromatic N) is 2. The number of ether oxygens (including phenoxy) is 1. The van der Waals surface area contributed by atoms with Gasteiger partial charge in [0, 0.05) is 26.2 Å². The van der Waals surface area contributed by atoms with E-state index in [2.05, 4.69) is 16.8 Å². The van der Waals surface area contributed by atoms with Gasteiger partial charge in [-0.2, -0.15) is 0 Å². The van der Waals surface area contributed by atoms with Crippen molar-refractivity contribution in [2.24, 2.45) is 0 Å². The van der Waals surface area contributed by atoms with E-state index in [9.17, 15) is 0 Å². The highest BCUT2D eigenvalue weighted by Gasteiger charge is 2.16. The predicted molar refractivity (Wildman–Crippen MR) is 53.3 cm³/mol. The smallest absolute Gasteiger partial charge is 0.259 e. The minimum atomic E-state index is 0.658. The molecule has 0 aromatic heterocycles. The van der Waals surface area contributed by atoms with Gasteiger partial charge in [0.2, 0.25) is 0 Å². The number of hydrogen-bond acceptors (Lipinski definition) is 3. The predicted octanol–water partition coefficient (Wildman–Crippen LogP) is 0.555. The van der Waals surface area contributed by atoms with Crippen molar-refractivity contribution in [1.29, 1.82) is 0 Å². The van der Waals surface area contributed by atoms with Gasteiger partial charge in [-0.3, -0.25) is 0 Å². The SMILES string of the molecule is CCOC(=S)N1CCN(C)CC1. The Bertz CT molecular complexity index is 155. The molecule has 0 aliphatic carbocycles. The maximum absolute atomic E-state index is 5.26. The molecule has 0 amide bonds. The molecule has 0 radical (unpaired) electrons. The molecule has 1 fully saturated rings. The first-order valence-corrected chi connectivity index (χ1v) is 4.75. The van der Waals surface area contributed by atoms with Crippen molar-refractivity contribution >= 4 is 17.4 Å². The second kappa shape index (κ2) is 4.62. The van der Waals surface area contributed by atoms with Crippen LogP contribution in [0.4, 0.5) is 0 Å². The Morgan fingerprint density at radius 1 is 1.33 bits per heavy atom. The molecule has 0 unspecified atom stereocenters. The Hall–Kier alpha value is -0.350. The van der Waals surface area contributed by atoms with Crippen LogP contribution in [-0.2, 0) is 4.74 Å². The lowest BCUT2D eigenvalue weighted by Gasteiger charge is -2.33. The molecule has 0 saturated carbocycles. The number of hydrogen-bond donors (Lipinski definition) is 0. The van der Waals surface area contributed by atoms with Crippen LogP contribution in [0.25, 0.3) is 0 Å². The fourth-order valence-electron chi connectivity index (χ4n) is 1.20. The molecule has 1 aliphatic rings. The van der Waals surface area contributed by atoms with Crippen LogP contribution in [0.3, 0.4) is 0 Å². The highest BCUT2D eigenvalue weighted by molar-refractivity contribution is 7.80. The molecule has 1 saturated heterocycles. The van der Waals surface area contributed by atoms with E-state index in [1.54, 1.807) is 0 Å². The normalized spacial score (nSPS) is 19.3. The molecule has 1 heterocycles. The topological polar surface area (TPSA) is 15.7 Å². The second-order valence-corrected chi connectivity index (χ2v) is 3.34.